The third-order valence-corrected chi connectivity index (χ3v) is 8.09. The number of para-hydroxylation sites is 1. The lowest BCUT2D eigenvalue weighted by atomic mass is 9.94. The molecule has 3 aromatic heterocycles. The minimum atomic E-state index is -0.190. The molecule has 3 aliphatic rings. The fourth-order valence-corrected chi connectivity index (χ4v) is 6.45. The molecule has 0 aliphatic carbocycles. The lowest BCUT2D eigenvalue weighted by Crippen LogP contribution is -2.34. The van der Waals surface area contributed by atoms with Crippen molar-refractivity contribution in [2.24, 2.45) is 0 Å². The van der Waals surface area contributed by atoms with E-state index in [0.717, 1.165) is 47.4 Å². The molecular weight excluding hydrogens is 442 g/mol. The van der Waals surface area contributed by atoms with E-state index in [1.807, 2.05) is 21.4 Å². The van der Waals surface area contributed by atoms with Gasteiger partial charge in [-0.25, -0.2) is 4.98 Å². The number of carbonyl (C=O) groups excluding carboxylic acids is 1. The molecule has 3 aliphatic heterocycles. The topological polar surface area (TPSA) is 95.5 Å². The molecule has 0 radical (unpaired) electrons. The van der Waals surface area contributed by atoms with E-state index in [9.17, 15) is 9.59 Å². The number of hydrogen-bond donors (Lipinski definition) is 2. The summed E-state index contributed by atoms with van der Waals surface area (Å²) in [5.74, 6) is 1.15. The summed E-state index contributed by atoms with van der Waals surface area (Å²) in [6.07, 6.45) is 4.26. The fraction of sp³-hybridized carbons (Fsp3) is 0.296. The lowest BCUT2D eigenvalue weighted by Gasteiger charge is -2.30. The number of aromatic amines is 2. The molecule has 8 nitrogen and oxygen atoms in total. The highest BCUT2D eigenvalue weighted by atomic mass is 16.5. The maximum atomic E-state index is 13.5. The third kappa shape index (κ3) is 2.52. The lowest BCUT2D eigenvalue weighted by molar-refractivity contribution is 0.0738. The Morgan fingerprint density at radius 3 is 2.74 bits per heavy atom. The van der Waals surface area contributed by atoms with Crippen LogP contribution in [0.2, 0.25) is 0 Å². The SMILES string of the molecule is O=C1c2cc3[nH]c(=O)c4cnc(C5CCOCC5)n4c3cc2C2c3[nH]c4ccccc4c3CCN12. The number of benzene rings is 2. The van der Waals surface area contributed by atoms with E-state index >= 15 is 0 Å². The van der Waals surface area contributed by atoms with Crippen LogP contribution < -0.4 is 5.56 Å². The molecule has 1 unspecified atom stereocenters. The van der Waals surface area contributed by atoms with Crippen molar-refractivity contribution in [3.63, 3.8) is 0 Å². The Hall–Kier alpha value is -3.91. The van der Waals surface area contributed by atoms with Crippen molar-refractivity contribution in [2.45, 2.75) is 31.2 Å². The zero-order chi connectivity index (χ0) is 23.3. The van der Waals surface area contributed by atoms with Crippen molar-refractivity contribution >= 4 is 33.4 Å². The van der Waals surface area contributed by atoms with Gasteiger partial charge in [0.1, 0.15) is 11.3 Å². The first-order valence-corrected chi connectivity index (χ1v) is 12.2. The Balaban J connectivity index is 1.40. The van der Waals surface area contributed by atoms with Crippen LogP contribution in [0.3, 0.4) is 0 Å². The minimum Gasteiger partial charge on any atom is -0.381 e. The number of nitrogens with zero attached hydrogens (tertiary/aromatic N) is 3. The zero-order valence-corrected chi connectivity index (χ0v) is 19.0. The summed E-state index contributed by atoms with van der Waals surface area (Å²) < 4.78 is 7.57. The molecule has 5 aromatic rings. The Bertz CT molecular complexity index is 1750. The molecule has 35 heavy (non-hydrogen) atoms. The summed E-state index contributed by atoms with van der Waals surface area (Å²) in [5, 5.41) is 1.23. The molecule has 2 aromatic carbocycles. The van der Waals surface area contributed by atoms with Gasteiger partial charge >= 0.3 is 0 Å². The van der Waals surface area contributed by atoms with Crippen LogP contribution in [0.5, 0.6) is 0 Å². The molecule has 8 heteroatoms. The molecule has 6 heterocycles. The van der Waals surface area contributed by atoms with Gasteiger partial charge in [0.25, 0.3) is 11.5 Å². The van der Waals surface area contributed by atoms with Gasteiger partial charge in [0, 0.05) is 47.8 Å². The molecule has 1 amide bonds. The van der Waals surface area contributed by atoms with Crippen molar-refractivity contribution in [1.29, 1.82) is 0 Å². The molecule has 1 fully saturated rings. The monoisotopic (exact) mass is 465 g/mol. The first-order chi connectivity index (χ1) is 17.2. The summed E-state index contributed by atoms with van der Waals surface area (Å²) in [6.45, 7) is 2.07. The quantitative estimate of drug-likeness (QED) is 0.395. The van der Waals surface area contributed by atoms with Crippen molar-refractivity contribution < 1.29 is 9.53 Å². The normalized spacial score (nSPS) is 20.1. The number of rotatable bonds is 1. The molecule has 0 spiro atoms. The number of nitrogens with one attached hydrogen (secondary N) is 2. The predicted molar refractivity (Wildman–Crippen MR) is 131 cm³/mol. The molecule has 2 N–H and O–H groups in total. The Kier molecular flexibility index (Phi) is 3.78. The third-order valence-electron chi connectivity index (χ3n) is 8.09. The van der Waals surface area contributed by atoms with E-state index in [4.69, 9.17) is 4.74 Å². The second-order valence-electron chi connectivity index (χ2n) is 9.85. The second kappa shape index (κ2) is 6.82. The van der Waals surface area contributed by atoms with Crippen LogP contribution in [0, 0.1) is 0 Å². The highest BCUT2D eigenvalue weighted by molar-refractivity contribution is 6.03. The van der Waals surface area contributed by atoms with E-state index in [-0.39, 0.29) is 23.4 Å². The molecule has 8 rings (SSSR count). The molecule has 174 valence electrons. The van der Waals surface area contributed by atoms with E-state index in [1.165, 1.54) is 10.9 Å². The highest BCUT2D eigenvalue weighted by Gasteiger charge is 2.42. The van der Waals surface area contributed by atoms with E-state index in [2.05, 4.69) is 39.2 Å². The molecule has 1 saturated heterocycles. The van der Waals surface area contributed by atoms with Crippen LogP contribution in [0.25, 0.3) is 27.5 Å². The smallest absolute Gasteiger partial charge is 0.274 e. The first-order valence-electron chi connectivity index (χ1n) is 12.2. The van der Waals surface area contributed by atoms with Gasteiger partial charge in [-0.15, -0.1) is 0 Å². The fourth-order valence-electron chi connectivity index (χ4n) is 6.45. The highest BCUT2D eigenvalue weighted by Crippen LogP contribution is 2.45. The summed E-state index contributed by atoms with van der Waals surface area (Å²) in [6, 6.07) is 12.1. The average molecular weight is 466 g/mol. The number of H-pyrrole nitrogens is 2. The van der Waals surface area contributed by atoms with Gasteiger partial charge in [0.15, 0.2) is 0 Å². The standard InChI is InChI=1S/C27H23N5O3/c33-26-22-13-28-25(14-6-9-35-10-7-14)32(22)21-12-17-18(11-20(21)30-26)27(34)31-8-5-16-15-3-1-2-4-19(15)29-23(16)24(17)31/h1-4,11-14,24,29H,5-10H2,(H,30,33). The number of fused-ring (bicyclic) bond motifs is 10. The van der Waals surface area contributed by atoms with E-state index < -0.39 is 0 Å². The Labute approximate surface area is 199 Å². The molecule has 0 bridgehead atoms. The molecular formula is C27H23N5O3. The van der Waals surface area contributed by atoms with Crippen LogP contribution in [0.15, 0.2) is 47.4 Å². The zero-order valence-electron chi connectivity index (χ0n) is 19.0. The number of aromatic nitrogens is 4. The number of carbonyl (C=O) groups is 1. The number of ether oxygens (including phenoxy) is 1. The van der Waals surface area contributed by atoms with Gasteiger partial charge in [-0.1, -0.05) is 18.2 Å². The van der Waals surface area contributed by atoms with Crippen molar-refractivity contribution in [2.75, 3.05) is 19.8 Å². The second-order valence-corrected chi connectivity index (χ2v) is 9.85. The van der Waals surface area contributed by atoms with E-state index in [0.29, 0.717) is 36.4 Å². The van der Waals surface area contributed by atoms with Crippen molar-refractivity contribution in [3.05, 3.63) is 81.2 Å². The molecule has 0 saturated carbocycles. The van der Waals surface area contributed by atoms with Gasteiger partial charge in [0.2, 0.25) is 0 Å². The van der Waals surface area contributed by atoms with Crippen LogP contribution in [-0.2, 0) is 11.2 Å². The first kappa shape index (κ1) is 19.4. The van der Waals surface area contributed by atoms with Crippen molar-refractivity contribution in [3.8, 4) is 0 Å². The van der Waals surface area contributed by atoms with Crippen LogP contribution in [0.4, 0.5) is 0 Å². The van der Waals surface area contributed by atoms with E-state index in [1.54, 1.807) is 6.20 Å². The number of amides is 1. The maximum absolute atomic E-state index is 13.5. The van der Waals surface area contributed by atoms with Gasteiger partial charge in [-0.3, -0.25) is 14.0 Å². The maximum Gasteiger partial charge on any atom is 0.274 e. The minimum absolute atomic E-state index is 0.0208. The summed E-state index contributed by atoms with van der Waals surface area (Å²) in [5.41, 5.74) is 7.03. The summed E-state index contributed by atoms with van der Waals surface area (Å²) in [7, 11) is 0. The number of imidazole rings is 1. The van der Waals surface area contributed by atoms with Crippen LogP contribution >= 0.6 is 0 Å². The Morgan fingerprint density at radius 2 is 1.86 bits per heavy atom. The largest absolute Gasteiger partial charge is 0.381 e. The molecule has 1 atom stereocenters. The van der Waals surface area contributed by atoms with Gasteiger partial charge < -0.3 is 19.6 Å². The summed E-state index contributed by atoms with van der Waals surface area (Å²) >= 11 is 0. The Morgan fingerprint density at radius 1 is 1.00 bits per heavy atom. The summed E-state index contributed by atoms with van der Waals surface area (Å²) in [4.78, 5) is 39.7. The van der Waals surface area contributed by atoms with Crippen molar-refractivity contribution in [1.82, 2.24) is 24.3 Å². The van der Waals surface area contributed by atoms with Gasteiger partial charge in [-0.2, -0.15) is 0 Å². The average Bonchev–Trinajstić information content (AvgIpc) is 3.57. The van der Waals surface area contributed by atoms with Gasteiger partial charge in [0.05, 0.1) is 23.3 Å². The number of hydrogen-bond acceptors (Lipinski definition) is 4. The van der Waals surface area contributed by atoms with Gasteiger partial charge in [-0.05, 0) is 48.6 Å². The predicted octanol–water partition coefficient (Wildman–Crippen LogP) is 3.65. The van der Waals surface area contributed by atoms with Crippen LogP contribution in [0.1, 0.15) is 57.8 Å². The van der Waals surface area contributed by atoms with Crippen LogP contribution in [-0.4, -0.2) is 49.9 Å².